The van der Waals surface area contributed by atoms with E-state index < -0.39 is 83.6 Å². The Labute approximate surface area is 260 Å². The lowest BCUT2D eigenvalue weighted by Gasteiger charge is -2.33. The molecule has 0 saturated heterocycles. The summed E-state index contributed by atoms with van der Waals surface area (Å²) in [6, 6.07) is 3.31. The molecule has 0 unspecified atom stereocenters. The van der Waals surface area contributed by atoms with E-state index in [0.717, 1.165) is 37.3 Å². The SMILES string of the molecule is COc1cc(F)c(OCC(=O)O)cc1-c1ccc(C(F)(F)F)cc1CN(C=O)[C@@H](C)[C@H](OC)c1cc(C(F)(F)F)cc(C(F)(F)F)c1. The van der Waals surface area contributed by atoms with Crippen LogP contribution in [-0.2, 0) is 39.4 Å². The van der Waals surface area contributed by atoms with E-state index in [1.54, 1.807) is 0 Å². The molecule has 0 radical (unpaired) electrons. The van der Waals surface area contributed by atoms with Crippen LogP contribution in [0.3, 0.4) is 0 Å². The van der Waals surface area contributed by atoms with Gasteiger partial charge in [-0.1, -0.05) is 6.07 Å². The highest BCUT2D eigenvalue weighted by atomic mass is 19.4. The van der Waals surface area contributed by atoms with Crippen LogP contribution in [0.2, 0.25) is 0 Å². The van der Waals surface area contributed by atoms with E-state index in [-0.39, 0.29) is 34.9 Å². The fraction of sp³-hybridized carbons (Fsp3) is 0.333. The molecule has 0 bridgehead atoms. The second kappa shape index (κ2) is 14.1. The lowest BCUT2D eigenvalue weighted by molar-refractivity contribution is -0.144. The first kappa shape index (κ1) is 36.9. The Morgan fingerprint density at radius 3 is 1.87 bits per heavy atom. The van der Waals surface area contributed by atoms with Crippen molar-refractivity contribution in [3.8, 4) is 22.6 Å². The van der Waals surface area contributed by atoms with Gasteiger partial charge in [0.2, 0.25) is 6.41 Å². The number of aliphatic carboxylic acids is 1. The van der Waals surface area contributed by atoms with E-state index in [1.165, 1.54) is 6.92 Å². The Bertz CT molecular complexity index is 1570. The third-order valence-corrected chi connectivity index (χ3v) is 6.97. The molecule has 1 amide bonds. The number of amides is 1. The lowest BCUT2D eigenvalue weighted by Crippen LogP contribution is -2.37. The molecule has 0 aliphatic heterocycles. The number of alkyl halides is 9. The van der Waals surface area contributed by atoms with Crippen molar-refractivity contribution in [3.05, 3.63) is 82.2 Å². The second-order valence-corrected chi connectivity index (χ2v) is 10.0. The normalized spacial score (nSPS) is 13.6. The number of hydrogen-bond donors (Lipinski definition) is 1. The highest BCUT2D eigenvalue weighted by molar-refractivity contribution is 5.76. The van der Waals surface area contributed by atoms with E-state index in [9.17, 15) is 53.5 Å². The Morgan fingerprint density at radius 1 is 0.830 bits per heavy atom. The van der Waals surface area contributed by atoms with Crippen LogP contribution in [0.1, 0.15) is 40.8 Å². The van der Waals surface area contributed by atoms with E-state index in [0.29, 0.717) is 24.3 Å². The summed E-state index contributed by atoms with van der Waals surface area (Å²) in [7, 11) is 2.06. The summed E-state index contributed by atoms with van der Waals surface area (Å²) in [5, 5.41) is 8.90. The van der Waals surface area contributed by atoms with E-state index in [4.69, 9.17) is 19.3 Å². The molecule has 47 heavy (non-hydrogen) atoms. The molecule has 0 fully saturated rings. The second-order valence-electron chi connectivity index (χ2n) is 10.0. The molecule has 0 saturated carbocycles. The first-order valence-electron chi connectivity index (χ1n) is 13.2. The third-order valence-electron chi connectivity index (χ3n) is 6.97. The van der Waals surface area contributed by atoms with Gasteiger partial charge in [0.15, 0.2) is 18.2 Å². The van der Waals surface area contributed by atoms with E-state index >= 15 is 0 Å². The molecule has 17 heteroatoms. The fourth-order valence-electron chi connectivity index (χ4n) is 4.73. The Hall–Kier alpha value is -4.54. The van der Waals surface area contributed by atoms with Crippen molar-refractivity contribution < 1.29 is 72.8 Å². The Morgan fingerprint density at radius 2 is 1.40 bits per heavy atom. The van der Waals surface area contributed by atoms with Crippen molar-refractivity contribution >= 4 is 12.4 Å². The molecular weight excluding hydrogens is 660 g/mol. The topological polar surface area (TPSA) is 85.3 Å². The molecule has 2 atom stereocenters. The maximum Gasteiger partial charge on any atom is 0.416 e. The van der Waals surface area contributed by atoms with Crippen molar-refractivity contribution in [1.29, 1.82) is 0 Å². The standard InChI is InChI=1S/C30H25F10NO6/c1-15(27(46-3)16-6-19(29(35,36)37)9-20(7-16)30(38,39)40)41(14-42)12-17-8-18(28(32,33)34)4-5-21(17)22-10-25(47-13-26(43)44)23(31)11-24(22)45-2/h4-11,14-15,27H,12-13H2,1-3H3,(H,43,44)/t15-,27-/m0/s1. The van der Waals surface area contributed by atoms with Gasteiger partial charge < -0.3 is 24.2 Å². The van der Waals surface area contributed by atoms with E-state index in [2.05, 4.69) is 0 Å². The fourth-order valence-corrected chi connectivity index (χ4v) is 4.73. The molecule has 0 heterocycles. The van der Waals surface area contributed by atoms with Gasteiger partial charge in [0.25, 0.3) is 0 Å². The summed E-state index contributed by atoms with van der Waals surface area (Å²) in [4.78, 5) is 24.0. The van der Waals surface area contributed by atoms with Crippen molar-refractivity contribution in [1.82, 2.24) is 4.90 Å². The molecule has 3 aromatic rings. The van der Waals surface area contributed by atoms with Crippen molar-refractivity contribution in [3.63, 3.8) is 0 Å². The minimum absolute atomic E-state index is 0.0959. The zero-order valence-electron chi connectivity index (χ0n) is 24.5. The molecule has 0 aliphatic carbocycles. The van der Waals surface area contributed by atoms with Crippen LogP contribution in [0.5, 0.6) is 11.5 Å². The van der Waals surface area contributed by atoms with Gasteiger partial charge >= 0.3 is 24.5 Å². The number of halogens is 10. The van der Waals surface area contributed by atoms with Gasteiger partial charge in [-0.15, -0.1) is 0 Å². The highest BCUT2D eigenvalue weighted by Crippen LogP contribution is 2.42. The molecule has 0 spiro atoms. The van der Waals surface area contributed by atoms with Gasteiger partial charge in [-0.2, -0.15) is 39.5 Å². The summed E-state index contributed by atoms with van der Waals surface area (Å²) in [5.41, 5.74) is -5.61. The number of carboxylic acids is 1. The average molecular weight is 686 g/mol. The van der Waals surface area contributed by atoms with Crippen LogP contribution in [0, 0.1) is 5.82 Å². The number of rotatable bonds is 12. The van der Waals surface area contributed by atoms with Crippen molar-refractivity contribution in [2.75, 3.05) is 20.8 Å². The van der Waals surface area contributed by atoms with Gasteiger partial charge in [0.1, 0.15) is 11.9 Å². The van der Waals surface area contributed by atoms with Crippen LogP contribution in [-0.4, -0.2) is 49.3 Å². The average Bonchev–Trinajstić information content (AvgIpc) is 2.97. The first-order chi connectivity index (χ1) is 21.7. The number of benzene rings is 3. The molecule has 256 valence electrons. The number of ether oxygens (including phenoxy) is 3. The van der Waals surface area contributed by atoms with Crippen LogP contribution in [0.15, 0.2) is 48.5 Å². The monoisotopic (exact) mass is 685 g/mol. The molecule has 3 rings (SSSR count). The highest BCUT2D eigenvalue weighted by Gasteiger charge is 2.39. The lowest BCUT2D eigenvalue weighted by atomic mass is 9.94. The zero-order valence-corrected chi connectivity index (χ0v) is 24.5. The largest absolute Gasteiger partial charge is 0.496 e. The summed E-state index contributed by atoms with van der Waals surface area (Å²) >= 11 is 0. The number of methoxy groups -OCH3 is 2. The van der Waals surface area contributed by atoms with Gasteiger partial charge in [0, 0.05) is 25.3 Å². The number of hydrogen-bond acceptors (Lipinski definition) is 5. The Kier molecular flexibility index (Phi) is 11.1. The molecule has 1 N–H and O–H groups in total. The predicted molar refractivity (Wildman–Crippen MR) is 144 cm³/mol. The maximum atomic E-state index is 14.6. The first-order valence-corrected chi connectivity index (χ1v) is 13.2. The van der Waals surface area contributed by atoms with E-state index in [1.807, 2.05) is 0 Å². The quantitative estimate of drug-likeness (QED) is 0.155. The molecule has 7 nitrogen and oxygen atoms in total. The summed E-state index contributed by atoms with van der Waals surface area (Å²) in [5.74, 6) is -3.40. The van der Waals surface area contributed by atoms with Crippen LogP contribution in [0.25, 0.3) is 11.1 Å². The minimum atomic E-state index is -5.20. The van der Waals surface area contributed by atoms with Crippen LogP contribution < -0.4 is 9.47 Å². The molecule has 0 aliphatic rings. The number of carboxylic acid groups (broad SMARTS) is 1. The molecular formula is C30H25F10NO6. The minimum Gasteiger partial charge on any atom is -0.496 e. The predicted octanol–water partition coefficient (Wildman–Crippen LogP) is 7.76. The van der Waals surface area contributed by atoms with Crippen molar-refractivity contribution in [2.24, 2.45) is 0 Å². The maximum absolute atomic E-state index is 14.6. The number of carbonyl (C=O) groups excluding carboxylic acids is 1. The third kappa shape index (κ3) is 8.84. The Balaban J connectivity index is 2.17. The van der Waals surface area contributed by atoms with Gasteiger partial charge in [-0.3, -0.25) is 4.79 Å². The molecule has 0 aromatic heterocycles. The summed E-state index contributed by atoms with van der Waals surface area (Å²) in [6.07, 6.45) is -16.8. The van der Waals surface area contributed by atoms with Crippen LogP contribution >= 0.6 is 0 Å². The van der Waals surface area contributed by atoms with Gasteiger partial charge in [0.05, 0.1) is 29.8 Å². The zero-order chi connectivity index (χ0) is 35.5. The number of carbonyl (C=O) groups is 2. The van der Waals surface area contributed by atoms with Crippen molar-refractivity contribution in [2.45, 2.75) is 44.1 Å². The van der Waals surface area contributed by atoms with Gasteiger partial charge in [-0.05, 0) is 60.0 Å². The summed E-state index contributed by atoms with van der Waals surface area (Å²) in [6.45, 7) is -0.511. The van der Waals surface area contributed by atoms with Gasteiger partial charge in [-0.25, -0.2) is 9.18 Å². The smallest absolute Gasteiger partial charge is 0.416 e. The van der Waals surface area contributed by atoms with Crippen LogP contribution in [0.4, 0.5) is 43.9 Å². The number of nitrogens with zero attached hydrogens (tertiary/aromatic N) is 1. The summed E-state index contributed by atoms with van der Waals surface area (Å²) < 4.78 is 152. The molecule has 3 aromatic carbocycles.